The second-order valence-corrected chi connectivity index (χ2v) is 3.29. The highest BCUT2D eigenvalue weighted by atomic mass is 35.5. The lowest BCUT2D eigenvalue weighted by Gasteiger charge is -2.01. The van der Waals surface area contributed by atoms with Crippen LogP contribution in [0.3, 0.4) is 0 Å². The predicted octanol–water partition coefficient (Wildman–Crippen LogP) is 2.20. The molecule has 0 amide bonds. The van der Waals surface area contributed by atoms with Gasteiger partial charge in [-0.2, -0.15) is 0 Å². The fourth-order valence-electron chi connectivity index (χ4n) is 1.14. The second kappa shape index (κ2) is 4.23. The lowest BCUT2D eigenvalue weighted by atomic mass is 10.2. The third kappa shape index (κ3) is 2.22. The van der Waals surface area contributed by atoms with Gasteiger partial charge >= 0.3 is 6.01 Å². The van der Waals surface area contributed by atoms with Crippen LogP contribution >= 0.6 is 11.6 Å². The van der Waals surface area contributed by atoms with Crippen molar-refractivity contribution in [2.45, 2.75) is 0 Å². The van der Waals surface area contributed by atoms with E-state index in [1.807, 2.05) is 0 Å². The third-order valence-electron chi connectivity index (χ3n) is 1.85. The molecule has 2 aromatic heterocycles. The van der Waals surface area contributed by atoms with Crippen molar-refractivity contribution in [1.82, 2.24) is 15.0 Å². The topological polar surface area (TPSA) is 47.9 Å². The smallest absolute Gasteiger partial charge is 0.316 e. The summed E-state index contributed by atoms with van der Waals surface area (Å²) in [6.07, 6.45) is 6.62. The lowest BCUT2D eigenvalue weighted by molar-refractivity contribution is 0.380. The molecule has 0 aromatic carbocycles. The lowest BCUT2D eigenvalue weighted by Crippen LogP contribution is -1.91. The number of aromatic nitrogens is 3. The first-order chi connectivity index (χ1) is 7.29. The van der Waals surface area contributed by atoms with E-state index in [2.05, 4.69) is 15.0 Å². The molecule has 0 bridgehead atoms. The average Bonchev–Trinajstić information content (AvgIpc) is 2.29. The van der Waals surface area contributed by atoms with Gasteiger partial charge in [-0.15, -0.1) is 0 Å². The van der Waals surface area contributed by atoms with Crippen LogP contribution in [0.15, 0.2) is 30.9 Å². The molecule has 4 nitrogen and oxygen atoms in total. The Hall–Kier alpha value is -1.68. The van der Waals surface area contributed by atoms with E-state index >= 15 is 0 Å². The second-order valence-electron chi connectivity index (χ2n) is 2.85. The van der Waals surface area contributed by atoms with Gasteiger partial charge in [0.1, 0.15) is 0 Å². The van der Waals surface area contributed by atoms with Crippen LogP contribution in [0.25, 0.3) is 11.1 Å². The Labute approximate surface area is 91.9 Å². The van der Waals surface area contributed by atoms with Crippen LogP contribution in [0, 0.1) is 0 Å². The zero-order valence-corrected chi connectivity index (χ0v) is 8.77. The minimum absolute atomic E-state index is 0.341. The molecule has 0 N–H and O–H groups in total. The molecule has 0 spiro atoms. The highest BCUT2D eigenvalue weighted by Crippen LogP contribution is 2.20. The van der Waals surface area contributed by atoms with Gasteiger partial charge < -0.3 is 4.74 Å². The minimum atomic E-state index is 0.341. The van der Waals surface area contributed by atoms with E-state index in [1.165, 1.54) is 7.11 Å². The summed E-state index contributed by atoms with van der Waals surface area (Å²) in [6, 6.07) is 2.15. The van der Waals surface area contributed by atoms with Gasteiger partial charge in [0.05, 0.1) is 12.1 Å². The molecule has 0 saturated heterocycles. The zero-order valence-electron chi connectivity index (χ0n) is 8.01. The summed E-state index contributed by atoms with van der Waals surface area (Å²) in [7, 11) is 1.52. The number of rotatable bonds is 2. The fraction of sp³-hybridized carbons (Fsp3) is 0.100. The van der Waals surface area contributed by atoms with Crippen molar-refractivity contribution >= 4 is 11.6 Å². The summed E-state index contributed by atoms with van der Waals surface area (Å²) in [6.45, 7) is 0. The largest absolute Gasteiger partial charge is 0.467 e. The molecule has 0 aliphatic carbocycles. The molecule has 0 aliphatic heterocycles. The van der Waals surface area contributed by atoms with E-state index in [0.717, 1.165) is 11.1 Å². The standard InChI is InChI=1S/C10H8ClN3O/c1-15-10-13-4-8(5-14-10)7-2-9(11)6-12-3-7/h2-6H,1H3. The summed E-state index contributed by atoms with van der Waals surface area (Å²) in [5.74, 6) is 0. The molecule has 0 aliphatic rings. The first-order valence-electron chi connectivity index (χ1n) is 4.26. The van der Waals surface area contributed by atoms with Crippen molar-refractivity contribution in [1.29, 1.82) is 0 Å². The van der Waals surface area contributed by atoms with E-state index in [-0.39, 0.29) is 0 Å². The Bertz CT molecular complexity index is 458. The minimum Gasteiger partial charge on any atom is -0.467 e. The number of methoxy groups -OCH3 is 1. The Morgan fingerprint density at radius 3 is 2.40 bits per heavy atom. The van der Waals surface area contributed by atoms with Gasteiger partial charge in [0.2, 0.25) is 0 Å². The van der Waals surface area contributed by atoms with Crippen molar-refractivity contribution < 1.29 is 4.74 Å². The highest BCUT2D eigenvalue weighted by molar-refractivity contribution is 6.30. The van der Waals surface area contributed by atoms with Crippen molar-refractivity contribution in [2.24, 2.45) is 0 Å². The van der Waals surface area contributed by atoms with Gasteiger partial charge in [0.15, 0.2) is 0 Å². The van der Waals surface area contributed by atoms with E-state index in [1.54, 1.807) is 30.9 Å². The molecule has 2 rings (SSSR count). The van der Waals surface area contributed by atoms with E-state index in [9.17, 15) is 0 Å². The van der Waals surface area contributed by atoms with Gasteiger partial charge in [-0.3, -0.25) is 4.98 Å². The SMILES string of the molecule is COc1ncc(-c2cncc(Cl)c2)cn1. The number of halogens is 1. The van der Waals surface area contributed by atoms with Crippen LogP contribution in [0.5, 0.6) is 6.01 Å². The molecular formula is C10H8ClN3O. The van der Waals surface area contributed by atoms with E-state index in [4.69, 9.17) is 16.3 Å². The maximum atomic E-state index is 5.83. The zero-order chi connectivity index (χ0) is 10.7. The molecule has 0 saturated carbocycles. The number of ether oxygens (including phenoxy) is 1. The van der Waals surface area contributed by atoms with Gasteiger partial charge in [-0.05, 0) is 6.07 Å². The molecule has 15 heavy (non-hydrogen) atoms. The summed E-state index contributed by atoms with van der Waals surface area (Å²) in [4.78, 5) is 12.0. The van der Waals surface area contributed by atoms with Crippen molar-refractivity contribution in [3.63, 3.8) is 0 Å². The molecule has 5 heteroatoms. The quantitative estimate of drug-likeness (QED) is 0.780. The molecule has 0 fully saturated rings. The predicted molar refractivity (Wildman–Crippen MR) is 56.8 cm³/mol. The van der Waals surface area contributed by atoms with E-state index in [0.29, 0.717) is 11.0 Å². The van der Waals surface area contributed by atoms with Gasteiger partial charge in [0, 0.05) is 35.9 Å². The molecule has 76 valence electrons. The van der Waals surface area contributed by atoms with Crippen LogP contribution in [-0.2, 0) is 0 Å². The maximum absolute atomic E-state index is 5.83. The molecule has 0 unspecified atom stereocenters. The van der Waals surface area contributed by atoms with Gasteiger partial charge in [-0.1, -0.05) is 11.6 Å². The number of hydrogen-bond donors (Lipinski definition) is 0. The first-order valence-corrected chi connectivity index (χ1v) is 4.64. The Morgan fingerprint density at radius 1 is 1.07 bits per heavy atom. The normalized spacial score (nSPS) is 10.0. The molecule has 2 aromatic rings. The number of hydrogen-bond acceptors (Lipinski definition) is 4. The van der Waals surface area contributed by atoms with Crippen LogP contribution in [-0.4, -0.2) is 22.1 Å². The van der Waals surface area contributed by atoms with Gasteiger partial charge in [-0.25, -0.2) is 9.97 Å². The first kappa shape index (κ1) is 9.86. The van der Waals surface area contributed by atoms with Gasteiger partial charge in [0.25, 0.3) is 0 Å². The third-order valence-corrected chi connectivity index (χ3v) is 2.06. The van der Waals surface area contributed by atoms with Crippen molar-refractivity contribution in [3.8, 4) is 17.1 Å². The van der Waals surface area contributed by atoms with E-state index < -0.39 is 0 Å². The molecule has 2 heterocycles. The van der Waals surface area contributed by atoms with Crippen LogP contribution in [0.1, 0.15) is 0 Å². The number of pyridine rings is 1. The van der Waals surface area contributed by atoms with Crippen LogP contribution < -0.4 is 4.74 Å². The highest BCUT2D eigenvalue weighted by Gasteiger charge is 2.01. The number of nitrogens with zero attached hydrogens (tertiary/aromatic N) is 3. The summed E-state index contributed by atoms with van der Waals surface area (Å²) in [5, 5.41) is 0.586. The Morgan fingerprint density at radius 2 is 1.80 bits per heavy atom. The van der Waals surface area contributed by atoms with Crippen LogP contribution in [0.2, 0.25) is 5.02 Å². The van der Waals surface area contributed by atoms with Crippen LogP contribution in [0.4, 0.5) is 0 Å². The molecule has 0 atom stereocenters. The average molecular weight is 222 g/mol. The van der Waals surface area contributed by atoms with Crippen molar-refractivity contribution in [3.05, 3.63) is 35.9 Å². The van der Waals surface area contributed by atoms with Crippen molar-refractivity contribution in [2.75, 3.05) is 7.11 Å². The molecular weight excluding hydrogens is 214 g/mol. The summed E-state index contributed by atoms with van der Waals surface area (Å²) < 4.78 is 4.86. The Kier molecular flexibility index (Phi) is 2.78. The summed E-state index contributed by atoms with van der Waals surface area (Å²) in [5.41, 5.74) is 1.73. The fourth-order valence-corrected chi connectivity index (χ4v) is 1.31. The molecule has 0 radical (unpaired) electrons. The monoisotopic (exact) mass is 221 g/mol. The maximum Gasteiger partial charge on any atom is 0.316 e. The Balaban J connectivity index is 2.37. The summed E-state index contributed by atoms with van der Waals surface area (Å²) >= 11 is 5.83.